The SMILES string of the molecule is O=C(Nc1ccc(Cl)cc1)c1ccc(Br)cn1. The maximum atomic E-state index is 11.8. The molecule has 0 aliphatic carbocycles. The van der Waals surface area contributed by atoms with Gasteiger partial charge in [0.2, 0.25) is 0 Å². The number of hydrogen-bond donors (Lipinski definition) is 1. The molecule has 0 radical (unpaired) electrons. The molecule has 1 heterocycles. The van der Waals surface area contributed by atoms with Gasteiger partial charge in [-0.05, 0) is 52.3 Å². The fourth-order valence-corrected chi connectivity index (χ4v) is 1.60. The molecule has 0 saturated heterocycles. The second-order valence-corrected chi connectivity index (χ2v) is 4.67. The summed E-state index contributed by atoms with van der Waals surface area (Å²) in [5.74, 6) is -0.250. The van der Waals surface area contributed by atoms with Crippen molar-refractivity contribution in [3.8, 4) is 0 Å². The fraction of sp³-hybridized carbons (Fsp3) is 0. The van der Waals surface area contributed by atoms with Crippen LogP contribution in [0.3, 0.4) is 0 Å². The summed E-state index contributed by atoms with van der Waals surface area (Å²) >= 11 is 9.01. The number of amides is 1. The van der Waals surface area contributed by atoms with E-state index in [1.54, 1.807) is 42.6 Å². The average molecular weight is 312 g/mol. The van der Waals surface area contributed by atoms with Gasteiger partial charge in [-0.1, -0.05) is 11.6 Å². The molecule has 3 nitrogen and oxygen atoms in total. The van der Waals surface area contributed by atoms with Crippen LogP contribution in [0.1, 0.15) is 10.5 Å². The van der Waals surface area contributed by atoms with Gasteiger partial charge < -0.3 is 5.32 Å². The van der Waals surface area contributed by atoms with E-state index in [4.69, 9.17) is 11.6 Å². The van der Waals surface area contributed by atoms with E-state index < -0.39 is 0 Å². The molecule has 17 heavy (non-hydrogen) atoms. The summed E-state index contributed by atoms with van der Waals surface area (Å²) in [5, 5.41) is 3.36. The minimum Gasteiger partial charge on any atom is -0.321 e. The normalized spacial score (nSPS) is 10.0. The molecule has 2 rings (SSSR count). The van der Waals surface area contributed by atoms with Crippen molar-refractivity contribution < 1.29 is 4.79 Å². The van der Waals surface area contributed by atoms with E-state index in [1.165, 1.54) is 0 Å². The van der Waals surface area contributed by atoms with E-state index in [9.17, 15) is 4.79 Å². The fourth-order valence-electron chi connectivity index (χ4n) is 1.24. The van der Waals surface area contributed by atoms with Crippen molar-refractivity contribution in [3.63, 3.8) is 0 Å². The second-order valence-electron chi connectivity index (χ2n) is 3.32. The maximum Gasteiger partial charge on any atom is 0.274 e. The lowest BCUT2D eigenvalue weighted by atomic mass is 10.3. The molecule has 0 fully saturated rings. The first-order chi connectivity index (χ1) is 8.15. The van der Waals surface area contributed by atoms with Gasteiger partial charge in [0.15, 0.2) is 0 Å². The Morgan fingerprint density at radius 1 is 1.18 bits per heavy atom. The third kappa shape index (κ3) is 3.28. The molecule has 86 valence electrons. The van der Waals surface area contributed by atoms with Crippen LogP contribution in [0, 0.1) is 0 Å². The Morgan fingerprint density at radius 3 is 2.47 bits per heavy atom. The number of anilines is 1. The number of benzene rings is 1. The summed E-state index contributed by atoms with van der Waals surface area (Å²) in [6.45, 7) is 0. The van der Waals surface area contributed by atoms with Crippen LogP contribution in [0.4, 0.5) is 5.69 Å². The topological polar surface area (TPSA) is 42.0 Å². The van der Waals surface area contributed by atoms with Gasteiger partial charge >= 0.3 is 0 Å². The number of nitrogens with one attached hydrogen (secondary N) is 1. The number of carbonyl (C=O) groups is 1. The predicted molar refractivity (Wildman–Crippen MR) is 71.3 cm³/mol. The van der Waals surface area contributed by atoms with E-state index in [2.05, 4.69) is 26.2 Å². The second kappa shape index (κ2) is 5.29. The largest absolute Gasteiger partial charge is 0.321 e. The smallest absolute Gasteiger partial charge is 0.274 e. The molecule has 1 aromatic heterocycles. The lowest BCUT2D eigenvalue weighted by Crippen LogP contribution is -2.13. The highest BCUT2D eigenvalue weighted by atomic mass is 79.9. The third-order valence-corrected chi connectivity index (χ3v) is 2.78. The van der Waals surface area contributed by atoms with Gasteiger partial charge in [-0.3, -0.25) is 4.79 Å². The monoisotopic (exact) mass is 310 g/mol. The molecule has 0 saturated carbocycles. The van der Waals surface area contributed by atoms with E-state index in [0.29, 0.717) is 16.4 Å². The Morgan fingerprint density at radius 2 is 1.88 bits per heavy atom. The number of aromatic nitrogens is 1. The van der Waals surface area contributed by atoms with Crippen LogP contribution in [0.15, 0.2) is 47.1 Å². The van der Waals surface area contributed by atoms with Crippen LogP contribution in [-0.2, 0) is 0 Å². The number of nitrogens with zero attached hydrogens (tertiary/aromatic N) is 1. The highest BCUT2D eigenvalue weighted by molar-refractivity contribution is 9.10. The van der Waals surface area contributed by atoms with Crippen molar-refractivity contribution in [2.45, 2.75) is 0 Å². The van der Waals surface area contributed by atoms with Crippen LogP contribution >= 0.6 is 27.5 Å². The molecule has 1 aromatic carbocycles. The standard InChI is InChI=1S/C12H8BrClN2O/c13-8-1-6-11(15-7-8)12(17)16-10-4-2-9(14)3-5-10/h1-7H,(H,16,17). The number of carbonyl (C=O) groups excluding carboxylic acids is 1. The number of pyridine rings is 1. The molecule has 5 heteroatoms. The average Bonchev–Trinajstić information content (AvgIpc) is 2.33. The highest BCUT2D eigenvalue weighted by Gasteiger charge is 2.06. The molecule has 1 amide bonds. The Balaban J connectivity index is 2.11. The van der Waals surface area contributed by atoms with Crippen LogP contribution < -0.4 is 5.32 Å². The van der Waals surface area contributed by atoms with Gasteiger partial charge in [-0.25, -0.2) is 4.98 Å². The number of rotatable bonds is 2. The van der Waals surface area contributed by atoms with Gasteiger partial charge in [0.1, 0.15) is 5.69 Å². The molecular weight excluding hydrogens is 304 g/mol. The molecular formula is C12H8BrClN2O. The zero-order valence-electron chi connectivity index (χ0n) is 8.65. The first-order valence-corrected chi connectivity index (χ1v) is 6.01. The number of hydrogen-bond acceptors (Lipinski definition) is 2. The van der Waals surface area contributed by atoms with Crippen LogP contribution in [0.5, 0.6) is 0 Å². The zero-order chi connectivity index (χ0) is 12.3. The molecule has 0 aliphatic heterocycles. The molecule has 0 atom stereocenters. The van der Waals surface area contributed by atoms with Crippen molar-refractivity contribution >= 4 is 39.1 Å². The number of halogens is 2. The molecule has 1 N–H and O–H groups in total. The molecule has 2 aromatic rings. The minimum atomic E-state index is -0.250. The third-order valence-electron chi connectivity index (χ3n) is 2.06. The van der Waals surface area contributed by atoms with Crippen molar-refractivity contribution in [1.29, 1.82) is 0 Å². The van der Waals surface area contributed by atoms with Crippen molar-refractivity contribution in [3.05, 3.63) is 57.8 Å². The summed E-state index contributed by atoms with van der Waals surface area (Å²) < 4.78 is 0.834. The highest BCUT2D eigenvalue weighted by Crippen LogP contribution is 2.14. The summed E-state index contributed by atoms with van der Waals surface area (Å²) in [4.78, 5) is 15.8. The van der Waals surface area contributed by atoms with Crippen molar-refractivity contribution in [2.75, 3.05) is 5.32 Å². The Bertz CT molecular complexity index is 525. The van der Waals surface area contributed by atoms with E-state index >= 15 is 0 Å². The van der Waals surface area contributed by atoms with Crippen LogP contribution in [0.2, 0.25) is 5.02 Å². The zero-order valence-corrected chi connectivity index (χ0v) is 11.0. The Labute approximate surface area is 112 Å². The van der Waals surface area contributed by atoms with E-state index in [1.807, 2.05) is 0 Å². The minimum absolute atomic E-state index is 0.250. The molecule has 0 bridgehead atoms. The maximum absolute atomic E-state index is 11.8. The first kappa shape index (κ1) is 12.1. The van der Waals surface area contributed by atoms with Gasteiger partial charge in [0.25, 0.3) is 5.91 Å². The van der Waals surface area contributed by atoms with Crippen molar-refractivity contribution in [2.24, 2.45) is 0 Å². The Kier molecular flexibility index (Phi) is 3.76. The predicted octanol–water partition coefficient (Wildman–Crippen LogP) is 3.75. The van der Waals surface area contributed by atoms with E-state index in [-0.39, 0.29) is 5.91 Å². The van der Waals surface area contributed by atoms with Crippen LogP contribution in [-0.4, -0.2) is 10.9 Å². The van der Waals surface area contributed by atoms with Gasteiger partial charge in [0.05, 0.1) is 0 Å². The first-order valence-electron chi connectivity index (χ1n) is 4.83. The Hall–Kier alpha value is -1.39. The lowest BCUT2D eigenvalue weighted by Gasteiger charge is -2.04. The lowest BCUT2D eigenvalue weighted by molar-refractivity contribution is 0.102. The van der Waals surface area contributed by atoms with Gasteiger partial charge in [-0.15, -0.1) is 0 Å². The quantitative estimate of drug-likeness (QED) is 0.918. The summed E-state index contributed by atoms with van der Waals surface area (Å²) in [5.41, 5.74) is 1.05. The molecule has 0 spiro atoms. The van der Waals surface area contributed by atoms with E-state index in [0.717, 1.165) is 4.47 Å². The van der Waals surface area contributed by atoms with Crippen LogP contribution in [0.25, 0.3) is 0 Å². The van der Waals surface area contributed by atoms with Crippen molar-refractivity contribution in [1.82, 2.24) is 4.98 Å². The van der Waals surface area contributed by atoms with Gasteiger partial charge in [0, 0.05) is 21.4 Å². The summed E-state index contributed by atoms with van der Waals surface area (Å²) in [6.07, 6.45) is 1.58. The van der Waals surface area contributed by atoms with Gasteiger partial charge in [-0.2, -0.15) is 0 Å². The molecule has 0 aliphatic rings. The molecule has 0 unspecified atom stereocenters. The summed E-state index contributed by atoms with van der Waals surface area (Å²) in [7, 11) is 0. The summed E-state index contributed by atoms with van der Waals surface area (Å²) in [6, 6.07) is 10.3.